The Labute approximate surface area is 151 Å². The number of halogens is 1. The number of hydrogen-bond donors (Lipinski definition) is 2. The maximum Gasteiger partial charge on any atom is 0.250 e. The third-order valence-corrected chi connectivity index (χ3v) is 5.46. The first-order valence-corrected chi connectivity index (χ1v) is 9.08. The van der Waals surface area contributed by atoms with E-state index in [0.717, 1.165) is 14.6 Å². The zero-order valence-corrected chi connectivity index (χ0v) is 14.7. The quantitative estimate of drug-likeness (QED) is 0.401. The standard InChI is InChI=1S/C16H12ClN3O2S2/c17-11-7-10(5-6-13(11)21)8-18-20-15(22)9-23-16-19-12-3-1-2-4-14(12)24-16/h1-8,21H,9H2,(H,20,22)/b18-8-. The van der Waals surface area contributed by atoms with E-state index in [0.29, 0.717) is 5.56 Å². The number of nitrogens with zero attached hydrogens (tertiary/aromatic N) is 2. The van der Waals surface area contributed by atoms with Crippen LogP contribution in [0.2, 0.25) is 5.02 Å². The SMILES string of the molecule is O=C(CSc1nc2ccccc2s1)N/N=C\c1ccc(O)c(Cl)c1. The molecule has 1 aromatic heterocycles. The van der Waals surface area contributed by atoms with Gasteiger partial charge in [0.15, 0.2) is 4.34 Å². The number of hydrazone groups is 1. The lowest BCUT2D eigenvalue weighted by Crippen LogP contribution is -2.19. The Morgan fingerprint density at radius 3 is 3.00 bits per heavy atom. The van der Waals surface area contributed by atoms with E-state index in [4.69, 9.17) is 11.6 Å². The van der Waals surface area contributed by atoms with Crippen LogP contribution >= 0.6 is 34.7 Å². The van der Waals surface area contributed by atoms with Crippen LogP contribution in [0.1, 0.15) is 5.56 Å². The van der Waals surface area contributed by atoms with Gasteiger partial charge in [-0.15, -0.1) is 11.3 Å². The number of fused-ring (bicyclic) bond motifs is 1. The highest BCUT2D eigenvalue weighted by Crippen LogP contribution is 2.29. The average molecular weight is 378 g/mol. The van der Waals surface area contributed by atoms with Crippen molar-refractivity contribution in [3.63, 3.8) is 0 Å². The molecule has 0 saturated carbocycles. The first-order chi connectivity index (χ1) is 11.6. The molecule has 5 nitrogen and oxygen atoms in total. The number of thioether (sulfide) groups is 1. The van der Waals surface area contributed by atoms with E-state index in [1.165, 1.54) is 24.0 Å². The summed E-state index contributed by atoms with van der Waals surface area (Å²) in [5.74, 6) is 0.0125. The van der Waals surface area contributed by atoms with Gasteiger partial charge in [0.25, 0.3) is 5.91 Å². The summed E-state index contributed by atoms with van der Waals surface area (Å²) in [5, 5.41) is 13.4. The number of carbonyl (C=O) groups is 1. The summed E-state index contributed by atoms with van der Waals surface area (Å²) in [6.45, 7) is 0. The fourth-order valence-corrected chi connectivity index (χ4v) is 3.90. The van der Waals surface area contributed by atoms with Crippen molar-refractivity contribution in [1.82, 2.24) is 10.4 Å². The second kappa shape index (κ2) is 7.65. The summed E-state index contributed by atoms with van der Waals surface area (Å²) in [5.41, 5.74) is 4.07. The average Bonchev–Trinajstić information content (AvgIpc) is 2.99. The van der Waals surface area contributed by atoms with Gasteiger partial charge in [0.2, 0.25) is 0 Å². The van der Waals surface area contributed by atoms with Crippen LogP contribution < -0.4 is 5.43 Å². The molecular formula is C16H12ClN3O2S2. The number of hydrogen-bond acceptors (Lipinski definition) is 6. The van der Waals surface area contributed by atoms with Crippen molar-refractivity contribution in [3.8, 4) is 5.75 Å². The molecule has 0 bridgehead atoms. The number of para-hydroxylation sites is 1. The van der Waals surface area contributed by atoms with Gasteiger partial charge in [-0.25, -0.2) is 10.4 Å². The monoisotopic (exact) mass is 377 g/mol. The molecule has 0 unspecified atom stereocenters. The predicted octanol–water partition coefficient (Wildman–Crippen LogP) is 3.90. The number of aromatic nitrogens is 1. The van der Waals surface area contributed by atoms with Gasteiger partial charge in [0.1, 0.15) is 5.75 Å². The fraction of sp³-hybridized carbons (Fsp3) is 0.0625. The molecule has 3 aromatic rings. The van der Waals surface area contributed by atoms with Crippen molar-refractivity contribution < 1.29 is 9.90 Å². The molecule has 2 N–H and O–H groups in total. The van der Waals surface area contributed by atoms with E-state index < -0.39 is 0 Å². The molecule has 8 heteroatoms. The zero-order chi connectivity index (χ0) is 16.9. The first-order valence-electron chi connectivity index (χ1n) is 6.90. The maximum absolute atomic E-state index is 11.8. The molecule has 1 amide bonds. The van der Waals surface area contributed by atoms with Crippen LogP contribution in [0.25, 0.3) is 10.2 Å². The van der Waals surface area contributed by atoms with Gasteiger partial charge in [0.05, 0.1) is 27.2 Å². The van der Waals surface area contributed by atoms with Crippen LogP contribution in [-0.4, -0.2) is 28.0 Å². The van der Waals surface area contributed by atoms with Gasteiger partial charge in [-0.3, -0.25) is 4.79 Å². The first kappa shape index (κ1) is 16.8. The molecule has 0 fully saturated rings. The van der Waals surface area contributed by atoms with Crippen molar-refractivity contribution in [3.05, 3.63) is 53.1 Å². The normalized spacial score (nSPS) is 11.2. The third kappa shape index (κ3) is 4.25. The van der Waals surface area contributed by atoms with Gasteiger partial charge in [-0.05, 0) is 35.9 Å². The van der Waals surface area contributed by atoms with Crippen LogP contribution in [0.15, 0.2) is 51.9 Å². The fourth-order valence-electron chi connectivity index (χ4n) is 1.85. The Kier molecular flexibility index (Phi) is 5.34. The van der Waals surface area contributed by atoms with E-state index in [2.05, 4.69) is 15.5 Å². The second-order valence-electron chi connectivity index (χ2n) is 4.74. The molecule has 0 aliphatic rings. The highest BCUT2D eigenvalue weighted by molar-refractivity contribution is 8.01. The Bertz CT molecular complexity index is 878. The zero-order valence-electron chi connectivity index (χ0n) is 12.3. The predicted molar refractivity (Wildman–Crippen MR) is 99.2 cm³/mol. The van der Waals surface area contributed by atoms with E-state index in [9.17, 15) is 9.90 Å². The number of phenols is 1. The minimum Gasteiger partial charge on any atom is -0.506 e. The highest BCUT2D eigenvalue weighted by atomic mass is 35.5. The van der Waals surface area contributed by atoms with Gasteiger partial charge in [-0.1, -0.05) is 35.5 Å². The Morgan fingerprint density at radius 2 is 2.21 bits per heavy atom. The van der Waals surface area contributed by atoms with E-state index >= 15 is 0 Å². The molecule has 0 radical (unpaired) electrons. The lowest BCUT2D eigenvalue weighted by Gasteiger charge is -1.99. The van der Waals surface area contributed by atoms with Crippen LogP contribution in [0.5, 0.6) is 5.75 Å². The Balaban J connectivity index is 1.51. The number of thiazole rings is 1. The van der Waals surface area contributed by atoms with Crippen molar-refractivity contribution in [2.24, 2.45) is 5.10 Å². The molecular weight excluding hydrogens is 366 g/mol. The Morgan fingerprint density at radius 1 is 1.38 bits per heavy atom. The summed E-state index contributed by atoms with van der Waals surface area (Å²) in [4.78, 5) is 16.3. The molecule has 24 heavy (non-hydrogen) atoms. The van der Waals surface area contributed by atoms with Crippen LogP contribution in [0, 0.1) is 0 Å². The second-order valence-corrected chi connectivity index (χ2v) is 7.40. The number of aromatic hydroxyl groups is 1. The van der Waals surface area contributed by atoms with Crippen molar-refractivity contribution in [2.75, 3.05) is 5.75 Å². The number of phenolic OH excluding ortho intramolecular Hbond substituents is 1. The van der Waals surface area contributed by atoms with Crippen LogP contribution in [0.4, 0.5) is 0 Å². The van der Waals surface area contributed by atoms with Gasteiger partial charge < -0.3 is 5.11 Å². The smallest absolute Gasteiger partial charge is 0.250 e. The van der Waals surface area contributed by atoms with Crippen LogP contribution in [-0.2, 0) is 4.79 Å². The summed E-state index contributed by atoms with van der Waals surface area (Å²) >= 11 is 8.73. The molecule has 0 saturated heterocycles. The molecule has 0 aliphatic carbocycles. The molecule has 0 spiro atoms. The van der Waals surface area contributed by atoms with Gasteiger partial charge in [-0.2, -0.15) is 5.10 Å². The van der Waals surface area contributed by atoms with Crippen molar-refractivity contribution in [2.45, 2.75) is 4.34 Å². The molecule has 1 heterocycles. The number of carbonyl (C=O) groups excluding carboxylic acids is 1. The maximum atomic E-state index is 11.8. The minimum atomic E-state index is -0.222. The topological polar surface area (TPSA) is 74.6 Å². The molecule has 0 aliphatic heterocycles. The number of benzene rings is 2. The van der Waals surface area contributed by atoms with Gasteiger partial charge >= 0.3 is 0 Å². The van der Waals surface area contributed by atoms with E-state index in [1.54, 1.807) is 23.5 Å². The number of nitrogens with one attached hydrogen (secondary N) is 1. The van der Waals surface area contributed by atoms with Crippen LogP contribution in [0.3, 0.4) is 0 Å². The lowest BCUT2D eigenvalue weighted by molar-refractivity contribution is -0.118. The van der Waals surface area contributed by atoms with Gasteiger partial charge in [0, 0.05) is 0 Å². The summed E-state index contributed by atoms with van der Waals surface area (Å²) < 4.78 is 1.95. The minimum absolute atomic E-state index is 0.00471. The highest BCUT2D eigenvalue weighted by Gasteiger charge is 2.07. The third-order valence-electron chi connectivity index (χ3n) is 2.98. The largest absolute Gasteiger partial charge is 0.506 e. The van der Waals surface area contributed by atoms with Crippen molar-refractivity contribution in [1.29, 1.82) is 0 Å². The molecule has 3 rings (SSSR count). The summed E-state index contributed by atoms with van der Waals surface area (Å²) in [6, 6.07) is 12.5. The van der Waals surface area contributed by atoms with E-state index in [-0.39, 0.29) is 22.4 Å². The molecule has 122 valence electrons. The molecule has 2 aromatic carbocycles. The van der Waals surface area contributed by atoms with Crippen molar-refractivity contribution >= 4 is 57.0 Å². The summed E-state index contributed by atoms with van der Waals surface area (Å²) in [6.07, 6.45) is 1.46. The summed E-state index contributed by atoms with van der Waals surface area (Å²) in [7, 11) is 0. The Hall–Kier alpha value is -2.09. The number of amides is 1. The lowest BCUT2D eigenvalue weighted by atomic mass is 10.2. The van der Waals surface area contributed by atoms with E-state index in [1.807, 2.05) is 24.3 Å². The number of rotatable bonds is 5. The molecule has 0 atom stereocenters.